The Bertz CT molecular complexity index is 37.0. The molecule has 8 heavy (non-hydrogen) atoms. The summed E-state index contributed by atoms with van der Waals surface area (Å²) in [5, 5.41) is 16.6. The number of hydrogen-bond donors (Lipinski definition) is 2. The topological polar surface area (TPSA) is 40.5 Å². The van der Waals surface area contributed by atoms with Gasteiger partial charge in [0.05, 0.1) is 12.7 Å². The lowest BCUT2D eigenvalue weighted by Crippen LogP contribution is -1.82. The van der Waals surface area contributed by atoms with Gasteiger partial charge in [0.2, 0.25) is 0 Å². The van der Waals surface area contributed by atoms with Crippen molar-refractivity contribution in [1.29, 1.82) is 0 Å². The first-order chi connectivity index (χ1) is 3.91. The van der Waals surface area contributed by atoms with Gasteiger partial charge in [-0.2, -0.15) is 0 Å². The van der Waals surface area contributed by atoms with E-state index in [-0.39, 0.29) is 0 Å². The summed E-state index contributed by atoms with van der Waals surface area (Å²) in [4.78, 5) is 0. The van der Waals surface area contributed by atoms with Gasteiger partial charge in [-0.25, -0.2) is 0 Å². The molecule has 0 aliphatic carbocycles. The first-order valence-corrected chi connectivity index (χ1v) is 5.38. The molecule has 4 heteroatoms. The second kappa shape index (κ2) is 7.78. The third-order valence-corrected chi connectivity index (χ3v) is 2.86. The highest BCUT2D eigenvalue weighted by atomic mass is 31.1. The highest BCUT2D eigenvalue weighted by Crippen LogP contribution is 2.13. The van der Waals surface area contributed by atoms with Crippen LogP contribution in [0.1, 0.15) is 0 Å². The van der Waals surface area contributed by atoms with Crippen LogP contribution in [0.25, 0.3) is 0 Å². The molecular formula is C4H12O2P2. The van der Waals surface area contributed by atoms with Gasteiger partial charge in [0, 0.05) is 0 Å². The highest BCUT2D eigenvalue weighted by molar-refractivity contribution is 7.42. The van der Waals surface area contributed by atoms with Crippen molar-refractivity contribution in [3.63, 3.8) is 0 Å². The van der Waals surface area contributed by atoms with Gasteiger partial charge in [-0.3, -0.25) is 0 Å². The number of rotatable bonds is 5. The third kappa shape index (κ3) is 6.78. The predicted molar refractivity (Wildman–Crippen MR) is 40.5 cm³/mol. The van der Waals surface area contributed by atoms with Crippen LogP contribution >= 0.6 is 17.2 Å². The number of aliphatic hydroxyl groups excluding tert-OH is 2. The van der Waals surface area contributed by atoms with E-state index in [1.807, 2.05) is 0 Å². The van der Waals surface area contributed by atoms with Crippen LogP contribution in [0.2, 0.25) is 0 Å². The zero-order valence-corrected chi connectivity index (χ0v) is 6.72. The van der Waals surface area contributed by atoms with E-state index >= 15 is 0 Å². The first-order valence-electron chi connectivity index (χ1n) is 2.55. The molecule has 2 nitrogen and oxygen atoms in total. The van der Waals surface area contributed by atoms with E-state index in [0.29, 0.717) is 29.9 Å². The quantitative estimate of drug-likeness (QED) is 0.440. The van der Waals surface area contributed by atoms with Crippen LogP contribution in [0.3, 0.4) is 0 Å². The van der Waals surface area contributed by atoms with Gasteiger partial charge in [0.25, 0.3) is 0 Å². The molecule has 0 heterocycles. The van der Waals surface area contributed by atoms with Crippen molar-refractivity contribution in [3.05, 3.63) is 0 Å². The molecular weight excluding hydrogens is 142 g/mol. The Labute approximate surface area is 53.3 Å². The largest absolute Gasteiger partial charge is 0.392 e. The molecule has 0 aromatic heterocycles. The van der Waals surface area contributed by atoms with Crippen molar-refractivity contribution in [2.45, 2.75) is 0 Å². The van der Waals surface area contributed by atoms with Gasteiger partial charge in [-0.05, 0) is 12.3 Å². The van der Waals surface area contributed by atoms with E-state index in [1.54, 1.807) is 0 Å². The van der Waals surface area contributed by atoms with Crippen LogP contribution in [0.15, 0.2) is 0 Å². The highest BCUT2D eigenvalue weighted by Gasteiger charge is 1.83. The van der Waals surface area contributed by atoms with E-state index in [1.165, 1.54) is 0 Å². The van der Waals surface area contributed by atoms with Gasteiger partial charge in [0.1, 0.15) is 0 Å². The van der Waals surface area contributed by atoms with Crippen molar-refractivity contribution in [3.8, 4) is 0 Å². The summed E-state index contributed by atoms with van der Waals surface area (Å²) in [5.41, 5.74) is 0. The molecule has 0 amide bonds. The Hall–Kier alpha value is 0.780. The van der Waals surface area contributed by atoms with Gasteiger partial charge in [-0.1, -0.05) is 17.2 Å². The van der Waals surface area contributed by atoms with Crippen molar-refractivity contribution in [2.24, 2.45) is 0 Å². The number of hydrogen-bond acceptors (Lipinski definition) is 2. The molecule has 0 aliphatic heterocycles. The maximum absolute atomic E-state index is 8.32. The maximum Gasteiger partial charge on any atom is 0.0596 e. The second-order valence-electron chi connectivity index (χ2n) is 1.32. The molecule has 0 aliphatic rings. The van der Waals surface area contributed by atoms with E-state index in [0.717, 1.165) is 12.3 Å². The van der Waals surface area contributed by atoms with E-state index in [9.17, 15) is 0 Å². The summed E-state index contributed by atoms with van der Waals surface area (Å²) >= 11 is 0. The Morgan fingerprint density at radius 1 is 0.875 bits per heavy atom. The van der Waals surface area contributed by atoms with Crippen LogP contribution in [0, 0.1) is 0 Å². The van der Waals surface area contributed by atoms with E-state index in [4.69, 9.17) is 10.2 Å². The molecule has 0 saturated heterocycles. The Kier molecular flexibility index (Phi) is 8.54. The molecule has 2 N–H and O–H groups in total. The van der Waals surface area contributed by atoms with Gasteiger partial charge >= 0.3 is 0 Å². The van der Waals surface area contributed by atoms with Gasteiger partial charge in [0.15, 0.2) is 0 Å². The average Bonchev–Trinajstić information content (AvgIpc) is 1.81. The zero-order valence-electron chi connectivity index (χ0n) is 4.72. The fourth-order valence-electron chi connectivity index (χ4n) is 0.335. The maximum atomic E-state index is 8.32. The van der Waals surface area contributed by atoms with Crippen molar-refractivity contribution >= 4 is 17.2 Å². The second-order valence-corrected chi connectivity index (χ2v) is 3.95. The Morgan fingerprint density at radius 2 is 1.25 bits per heavy atom. The third-order valence-electron chi connectivity index (χ3n) is 0.702. The monoisotopic (exact) mass is 154 g/mol. The van der Waals surface area contributed by atoms with Gasteiger partial charge in [-0.15, -0.1) is 0 Å². The van der Waals surface area contributed by atoms with E-state index < -0.39 is 0 Å². The first kappa shape index (κ1) is 8.78. The van der Waals surface area contributed by atoms with E-state index in [2.05, 4.69) is 0 Å². The molecule has 0 aromatic carbocycles. The molecule has 0 rings (SSSR count). The Morgan fingerprint density at radius 3 is 1.50 bits per heavy atom. The van der Waals surface area contributed by atoms with Crippen LogP contribution in [-0.2, 0) is 0 Å². The molecule has 0 saturated carbocycles. The lowest BCUT2D eigenvalue weighted by atomic mass is 11.0. The standard InChI is InChI=1S/C4H12O2P2/c5-3-7-1-2-8-4-6/h5-8H,1-4H2. The number of aliphatic hydroxyl groups is 2. The molecule has 0 bridgehead atoms. The fourth-order valence-corrected chi connectivity index (χ4v) is 2.07. The fraction of sp³-hybridized carbons (Fsp3) is 1.00. The summed E-state index contributed by atoms with van der Waals surface area (Å²) in [7, 11) is 1.35. The zero-order chi connectivity index (χ0) is 6.24. The molecule has 0 fully saturated rings. The van der Waals surface area contributed by atoms with Crippen LogP contribution in [0.5, 0.6) is 0 Å². The molecule has 0 spiro atoms. The van der Waals surface area contributed by atoms with Crippen LogP contribution < -0.4 is 0 Å². The van der Waals surface area contributed by atoms with Crippen LogP contribution in [0.4, 0.5) is 0 Å². The minimum absolute atomic E-state index is 0.315. The lowest BCUT2D eigenvalue weighted by Gasteiger charge is -1.94. The van der Waals surface area contributed by atoms with Crippen molar-refractivity contribution < 1.29 is 10.2 Å². The summed E-state index contributed by atoms with van der Waals surface area (Å²) in [6.07, 6.45) is 2.79. The summed E-state index contributed by atoms with van der Waals surface area (Å²) in [6.45, 7) is 0. The Balaban J connectivity index is 2.53. The van der Waals surface area contributed by atoms with Crippen molar-refractivity contribution in [2.75, 3.05) is 25.0 Å². The molecule has 0 radical (unpaired) electrons. The molecule has 2 unspecified atom stereocenters. The molecule has 0 aromatic rings. The minimum atomic E-state index is 0.315. The molecule has 50 valence electrons. The van der Waals surface area contributed by atoms with Gasteiger partial charge < -0.3 is 10.2 Å². The smallest absolute Gasteiger partial charge is 0.0596 e. The molecule has 2 atom stereocenters. The van der Waals surface area contributed by atoms with Crippen molar-refractivity contribution in [1.82, 2.24) is 0 Å². The SMILES string of the molecule is OCPCCPCO. The normalized spacial score (nSPS) is 12.8. The van der Waals surface area contributed by atoms with Crippen LogP contribution in [-0.4, -0.2) is 35.2 Å². The predicted octanol–water partition coefficient (Wildman–Crippen LogP) is 0.243. The summed E-state index contributed by atoms with van der Waals surface area (Å²) in [6, 6.07) is 0. The average molecular weight is 154 g/mol. The minimum Gasteiger partial charge on any atom is -0.392 e. The summed E-state index contributed by atoms with van der Waals surface area (Å²) in [5.74, 6) is 0. The lowest BCUT2D eigenvalue weighted by molar-refractivity contribution is 0.371. The summed E-state index contributed by atoms with van der Waals surface area (Å²) < 4.78 is 0.